The number of amides is 2. The number of hydrogen-bond donors (Lipinski definition) is 2. The van der Waals surface area contributed by atoms with Crippen molar-refractivity contribution >= 4 is 41.2 Å². The lowest BCUT2D eigenvalue weighted by molar-refractivity contribution is -0.193. The van der Waals surface area contributed by atoms with Crippen molar-refractivity contribution in [3.8, 4) is 0 Å². The Kier molecular flexibility index (Phi) is 7.35. The van der Waals surface area contributed by atoms with E-state index in [0.717, 1.165) is 0 Å². The highest BCUT2D eigenvalue weighted by Gasteiger charge is 2.56. The number of rotatable bonds is 8. The molecular weight excluding hydrogens is 516 g/mol. The normalized spacial score (nSPS) is 29.9. The Morgan fingerprint density at radius 1 is 1.24 bits per heavy atom. The topological polar surface area (TPSA) is 148 Å². The zero-order chi connectivity index (χ0) is 27.1. The molecule has 2 amide bonds. The number of ether oxygens (including phenoxy) is 4. The lowest BCUT2D eigenvalue weighted by atomic mass is 10.1. The molecule has 0 aromatic carbocycles. The third-order valence-corrected chi connectivity index (χ3v) is 7.42. The summed E-state index contributed by atoms with van der Waals surface area (Å²) in [5, 5.41) is 2.72. The minimum absolute atomic E-state index is 0.177. The Labute approximate surface area is 223 Å². The van der Waals surface area contributed by atoms with Gasteiger partial charge in [-0.15, -0.1) is 0 Å². The summed E-state index contributed by atoms with van der Waals surface area (Å²) in [6.07, 6.45) is 5.90. The van der Waals surface area contributed by atoms with Crippen LogP contribution >= 0.6 is 11.8 Å². The lowest BCUT2D eigenvalue weighted by Gasteiger charge is -2.25. The van der Waals surface area contributed by atoms with Crippen LogP contribution in [0.1, 0.15) is 47.3 Å². The average Bonchev–Trinajstić information content (AvgIpc) is 3.59. The average molecular weight is 549 g/mol. The second-order valence-electron chi connectivity index (χ2n) is 10.7. The van der Waals surface area contributed by atoms with Gasteiger partial charge in [0.25, 0.3) is 0 Å². The van der Waals surface area contributed by atoms with Gasteiger partial charge in [0.1, 0.15) is 30.2 Å². The third-order valence-electron chi connectivity index (χ3n) is 6.13. The van der Waals surface area contributed by atoms with Crippen LogP contribution in [0.2, 0.25) is 0 Å². The van der Waals surface area contributed by atoms with Crippen molar-refractivity contribution in [1.82, 2.24) is 25.0 Å². The van der Waals surface area contributed by atoms with Crippen molar-refractivity contribution in [3.05, 3.63) is 24.8 Å². The van der Waals surface area contributed by atoms with E-state index in [1.165, 1.54) is 6.33 Å². The van der Waals surface area contributed by atoms with E-state index in [1.54, 1.807) is 43.4 Å². The summed E-state index contributed by atoms with van der Waals surface area (Å²) in [5.41, 5.74) is 2.74. The van der Waals surface area contributed by atoms with Crippen molar-refractivity contribution in [2.24, 2.45) is 0 Å². The molecule has 2 aliphatic heterocycles. The highest BCUT2D eigenvalue weighted by Crippen LogP contribution is 2.45. The molecule has 14 heteroatoms. The molecule has 4 heterocycles. The minimum atomic E-state index is -0.768. The number of fused-ring (bicyclic) bond motifs is 2. The molecule has 0 saturated carbocycles. The van der Waals surface area contributed by atoms with E-state index in [4.69, 9.17) is 23.8 Å². The standard InChI is InChI=1S/C24H32N6O7S/c1-23(2,3)36-22(32)29-37-13-6-7-14(8-13)38-9-15-17-18(35-24(4,5)34-17)21(33-15)30-11-27-16-19(28-12-31)25-10-26-20(16)30/h6-7,10-15,17-18,21H,8-9H2,1-5H3,(H,29,32)(H,25,26,28,31)/t13-,14-,15+,17+,18+,21+/m0/s1. The van der Waals surface area contributed by atoms with Crippen LogP contribution in [0.3, 0.4) is 0 Å². The molecule has 2 N–H and O–H groups in total. The van der Waals surface area contributed by atoms with Crippen LogP contribution in [0.4, 0.5) is 10.6 Å². The first kappa shape index (κ1) is 26.8. The third kappa shape index (κ3) is 5.78. The van der Waals surface area contributed by atoms with Gasteiger partial charge >= 0.3 is 6.09 Å². The van der Waals surface area contributed by atoms with Crippen LogP contribution in [-0.2, 0) is 28.6 Å². The number of carbonyl (C=O) groups excluding carboxylic acids is 2. The number of hydrogen-bond acceptors (Lipinski definition) is 11. The number of anilines is 1. The van der Waals surface area contributed by atoms with Gasteiger partial charge in [0.15, 0.2) is 29.0 Å². The Morgan fingerprint density at radius 3 is 2.79 bits per heavy atom. The molecule has 2 saturated heterocycles. The molecule has 206 valence electrons. The van der Waals surface area contributed by atoms with Gasteiger partial charge in [-0.05, 0) is 41.0 Å². The zero-order valence-corrected chi connectivity index (χ0v) is 22.6. The summed E-state index contributed by atoms with van der Waals surface area (Å²) in [7, 11) is 0. The molecular formula is C24H32N6O7S. The van der Waals surface area contributed by atoms with Crippen molar-refractivity contribution in [2.75, 3.05) is 11.1 Å². The number of nitrogens with one attached hydrogen (secondary N) is 2. The van der Waals surface area contributed by atoms with Gasteiger partial charge in [0, 0.05) is 11.0 Å². The summed E-state index contributed by atoms with van der Waals surface area (Å²) >= 11 is 1.72. The summed E-state index contributed by atoms with van der Waals surface area (Å²) in [5.74, 6) is 0.202. The maximum atomic E-state index is 11.9. The highest BCUT2D eigenvalue weighted by atomic mass is 32.2. The summed E-state index contributed by atoms with van der Waals surface area (Å²) in [6.45, 7) is 9.14. The molecule has 6 atom stereocenters. The molecule has 0 unspecified atom stereocenters. The number of carbonyl (C=O) groups is 2. The monoisotopic (exact) mass is 548 g/mol. The van der Waals surface area contributed by atoms with Crippen LogP contribution in [0.15, 0.2) is 24.8 Å². The van der Waals surface area contributed by atoms with E-state index in [2.05, 4.69) is 31.8 Å². The van der Waals surface area contributed by atoms with Gasteiger partial charge < -0.3 is 24.3 Å². The smallest absolute Gasteiger partial charge is 0.431 e. The van der Waals surface area contributed by atoms with Crippen LogP contribution in [0.25, 0.3) is 11.2 Å². The second-order valence-corrected chi connectivity index (χ2v) is 12.0. The van der Waals surface area contributed by atoms with Gasteiger partial charge in [-0.2, -0.15) is 17.2 Å². The summed E-state index contributed by atoms with van der Waals surface area (Å²) in [6, 6.07) is 0. The van der Waals surface area contributed by atoms with Gasteiger partial charge in [0.05, 0.1) is 12.4 Å². The predicted molar refractivity (Wildman–Crippen MR) is 137 cm³/mol. The van der Waals surface area contributed by atoms with E-state index in [-0.39, 0.29) is 29.7 Å². The van der Waals surface area contributed by atoms with Crippen LogP contribution < -0.4 is 10.8 Å². The van der Waals surface area contributed by atoms with Crippen molar-refractivity contribution in [1.29, 1.82) is 0 Å². The first-order valence-electron chi connectivity index (χ1n) is 12.4. The van der Waals surface area contributed by atoms with E-state index >= 15 is 0 Å². The minimum Gasteiger partial charge on any atom is -0.442 e. The SMILES string of the molecule is CC(C)(C)OC(=O)NO[C@H]1C=C[C@H](SC[C@H]2O[C@@H](n3cnc4c(NC=O)ncnc43)[C@@H]3OC(C)(C)O[C@@H]32)C1. The Morgan fingerprint density at radius 2 is 2.03 bits per heavy atom. The fourth-order valence-corrected chi connectivity index (χ4v) is 5.94. The summed E-state index contributed by atoms with van der Waals surface area (Å²) < 4.78 is 25.9. The Bertz CT molecular complexity index is 1210. The molecule has 38 heavy (non-hydrogen) atoms. The van der Waals surface area contributed by atoms with Crippen LogP contribution in [-0.4, -0.2) is 78.8 Å². The summed E-state index contributed by atoms with van der Waals surface area (Å²) in [4.78, 5) is 41.1. The maximum Gasteiger partial charge on any atom is 0.431 e. The van der Waals surface area contributed by atoms with Crippen LogP contribution in [0.5, 0.6) is 0 Å². The number of imidazole rings is 1. The van der Waals surface area contributed by atoms with E-state index in [0.29, 0.717) is 35.6 Å². The fourth-order valence-electron chi connectivity index (χ4n) is 4.70. The molecule has 0 radical (unpaired) electrons. The molecule has 0 bridgehead atoms. The molecule has 2 aromatic heterocycles. The Balaban J connectivity index is 1.21. The van der Waals surface area contributed by atoms with Gasteiger partial charge in [-0.3, -0.25) is 14.2 Å². The maximum absolute atomic E-state index is 11.9. The second kappa shape index (κ2) is 10.4. The number of nitrogens with zero attached hydrogens (tertiary/aromatic N) is 4. The first-order chi connectivity index (χ1) is 18.0. The molecule has 3 aliphatic rings. The Hall–Kier alpha value is -2.78. The fraction of sp³-hybridized carbons (Fsp3) is 0.625. The number of aromatic nitrogens is 4. The molecule has 2 aromatic rings. The quantitative estimate of drug-likeness (QED) is 0.285. The predicted octanol–water partition coefficient (Wildman–Crippen LogP) is 2.70. The van der Waals surface area contributed by atoms with E-state index in [1.807, 2.05) is 19.9 Å². The van der Waals surface area contributed by atoms with Crippen molar-refractivity contribution in [2.45, 2.75) is 88.3 Å². The molecule has 5 rings (SSSR count). The van der Waals surface area contributed by atoms with Gasteiger partial charge in [-0.1, -0.05) is 12.2 Å². The molecule has 0 spiro atoms. The zero-order valence-electron chi connectivity index (χ0n) is 21.8. The van der Waals surface area contributed by atoms with E-state index < -0.39 is 23.7 Å². The van der Waals surface area contributed by atoms with E-state index in [9.17, 15) is 9.59 Å². The van der Waals surface area contributed by atoms with Crippen molar-refractivity contribution in [3.63, 3.8) is 0 Å². The molecule has 2 fully saturated rings. The number of thioether (sulfide) groups is 1. The number of hydroxylamine groups is 1. The van der Waals surface area contributed by atoms with Crippen molar-refractivity contribution < 1.29 is 33.4 Å². The molecule has 13 nitrogen and oxygen atoms in total. The highest BCUT2D eigenvalue weighted by molar-refractivity contribution is 8.00. The van der Waals surface area contributed by atoms with Gasteiger partial charge in [0.2, 0.25) is 6.41 Å². The lowest BCUT2D eigenvalue weighted by Crippen LogP contribution is -2.34. The molecule has 1 aliphatic carbocycles. The largest absolute Gasteiger partial charge is 0.442 e. The first-order valence-corrected chi connectivity index (χ1v) is 13.4. The van der Waals surface area contributed by atoms with Gasteiger partial charge in [-0.25, -0.2) is 19.7 Å². The van der Waals surface area contributed by atoms with Crippen LogP contribution in [0, 0.1) is 0 Å².